The highest BCUT2D eigenvalue weighted by atomic mass is 31.2. The van der Waals surface area contributed by atoms with Gasteiger partial charge in [0.05, 0.1) is 18.8 Å². The Hall–Kier alpha value is -0.450. The van der Waals surface area contributed by atoms with Gasteiger partial charge in [0.1, 0.15) is 7.14 Å². The third-order valence-corrected chi connectivity index (χ3v) is 9.51. The fraction of sp³-hybridized carbons (Fsp3) is 0.800. The summed E-state index contributed by atoms with van der Waals surface area (Å²) in [6, 6.07) is 0. The monoisotopic (exact) mass is 384 g/mol. The first-order chi connectivity index (χ1) is 10.7. The van der Waals surface area contributed by atoms with Crippen LogP contribution in [0.4, 0.5) is 0 Å². The molecule has 0 saturated heterocycles. The molecule has 0 aromatic carbocycles. The molecule has 1 N–H and O–H groups in total. The van der Waals surface area contributed by atoms with Crippen LogP contribution in [0.5, 0.6) is 0 Å². The van der Waals surface area contributed by atoms with E-state index in [2.05, 4.69) is 6.58 Å². The molecule has 142 valence electrons. The topological polar surface area (TPSA) is 99.1 Å². The van der Waals surface area contributed by atoms with Gasteiger partial charge in [-0.2, -0.15) is 0 Å². The van der Waals surface area contributed by atoms with Crippen LogP contribution < -0.4 is 0 Å². The smallest absolute Gasteiger partial charge is 0.370 e. The van der Waals surface area contributed by atoms with Crippen LogP contribution in [0.15, 0.2) is 12.2 Å². The van der Waals surface area contributed by atoms with Crippen molar-refractivity contribution in [2.45, 2.75) is 58.3 Å². The van der Waals surface area contributed by atoms with Crippen molar-refractivity contribution in [2.24, 2.45) is 0 Å². The minimum atomic E-state index is -4.26. The second kappa shape index (κ2) is 8.77. The van der Waals surface area contributed by atoms with E-state index in [1.165, 1.54) is 13.3 Å². The van der Waals surface area contributed by atoms with E-state index in [-0.39, 0.29) is 12.2 Å². The van der Waals surface area contributed by atoms with Gasteiger partial charge in [0.2, 0.25) is 5.08 Å². The summed E-state index contributed by atoms with van der Waals surface area (Å²) in [4.78, 5) is 11.8. The zero-order chi connectivity index (χ0) is 19.3. The number of aliphatic hydroxyl groups is 1. The second-order valence-electron chi connectivity index (χ2n) is 6.43. The number of carbonyl (C=O) groups is 1. The number of ether oxygens (including phenoxy) is 1. The Morgan fingerprint density at radius 1 is 1.12 bits per heavy atom. The quantitative estimate of drug-likeness (QED) is 0.347. The first-order valence-electron chi connectivity index (χ1n) is 7.79. The third kappa shape index (κ3) is 5.82. The molecule has 0 radical (unpaired) electrons. The molecule has 0 aliphatic heterocycles. The van der Waals surface area contributed by atoms with Crippen LogP contribution in [0.3, 0.4) is 0 Å². The summed E-state index contributed by atoms with van der Waals surface area (Å²) in [6.45, 7) is 14.3. The Morgan fingerprint density at radius 2 is 1.54 bits per heavy atom. The number of esters is 1. The SMILES string of the molecule is C=C(CC(O)(P(C)(C)=O)P(=O)(OC(C)C)OC(C)C)C(=O)OCC. The van der Waals surface area contributed by atoms with Crippen LogP contribution in [0.1, 0.15) is 41.0 Å². The standard InChI is InChI=1S/C15H30O7P2/c1-9-20-14(16)13(6)10-15(17,23(7,8)18)24(19,21-11(2)3)22-12(4)5/h11-12,17H,6,9-10H2,1-5,7-8H3. The molecule has 0 aliphatic carbocycles. The maximum absolute atomic E-state index is 13.4. The van der Waals surface area contributed by atoms with Crippen molar-refractivity contribution in [3.8, 4) is 0 Å². The molecule has 24 heavy (non-hydrogen) atoms. The molecule has 0 aromatic heterocycles. The van der Waals surface area contributed by atoms with Gasteiger partial charge >= 0.3 is 13.6 Å². The molecule has 0 saturated carbocycles. The summed E-state index contributed by atoms with van der Waals surface area (Å²) < 4.78 is 41.8. The summed E-state index contributed by atoms with van der Waals surface area (Å²) in [7, 11) is -7.72. The van der Waals surface area contributed by atoms with E-state index in [0.29, 0.717) is 0 Å². The maximum atomic E-state index is 13.4. The van der Waals surface area contributed by atoms with Crippen LogP contribution in [0, 0.1) is 0 Å². The molecule has 0 heterocycles. The lowest BCUT2D eigenvalue weighted by Gasteiger charge is -2.39. The first-order valence-corrected chi connectivity index (χ1v) is 11.9. The van der Waals surface area contributed by atoms with Crippen molar-refractivity contribution in [2.75, 3.05) is 19.9 Å². The van der Waals surface area contributed by atoms with E-state index < -0.39 is 44.4 Å². The van der Waals surface area contributed by atoms with Gasteiger partial charge in [-0.25, -0.2) is 4.79 Å². The fourth-order valence-electron chi connectivity index (χ4n) is 1.92. The van der Waals surface area contributed by atoms with Crippen molar-refractivity contribution < 1.29 is 32.8 Å². The minimum absolute atomic E-state index is 0.120. The highest BCUT2D eigenvalue weighted by Crippen LogP contribution is 2.75. The van der Waals surface area contributed by atoms with Gasteiger partial charge in [0, 0.05) is 12.0 Å². The van der Waals surface area contributed by atoms with E-state index in [1.807, 2.05) is 0 Å². The van der Waals surface area contributed by atoms with Gasteiger partial charge in [-0.1, -0.05) is 6.58 Å². The normalized spacial score (nSPS) is 15.4. The molecule has 9 heteroatoms. The fourth-order valence-corrected chi connectivity index (χ4v) is 7.02. The average Bonchev–Trinajstić information content (AvgIpc) is 2.35. The summed E-state index contributed by atoms with van der Waals surface area (Å²) >= 11 is 0. The van der Waals surface area contributed by atoms with Crippen molar-refractivity contribution in [1.29, 1.82) is 0 Å². The van der Waals surface area contributed by atoms with Crippen molar-refractivity contribution in [3.63, 3.8) is 0 Å². The van der Waals surface area contributed by atoms with Crippen LogP contribution >= 0.6 is 14.7 Å². The average molecular weight is 384 g/mol. The zero-order valence-electron chi connectivity index (χ0n) is 15.6. The predicted molar refractivity (Wildman–Crippen MR) is 94.8 cm³/mol. The molecule has 0 rings (SSSR count). The van der Waals surface area contributed by atoms with E-state index in [9.17, 15) is 19.0 Å². The highest BCUT2D eigenvalue weighted by molar-refractivity contribution is 7.78. The third-order valence-electron chi connectivity index (χ3n) is 3.01. The molecular weight excluding hydrogens is 354 g/mol. The molecule has 1 atom stereocenters. The van der Waals surface area contributed by atoms with E-state index in [0.717, 1.165) is 0 Å². The van der Waals surface area contributed by atoms with Gasteiger partial charge in [-0.3, -0.25) is 4.57 Å². The minimum Gasteiger partial charge on any atom is -0.463 e. The number of rotatable bonds is 10. The largest absolute Gasteiger partial charge is 0.463 e. The van der Waals surface area contributed by atoms with E-state index in [1.54, 1.807) is 34.6 Å². The van der Waals surface area contributed by atoms with Crippen LogP contribution in [-0.4, -0.2) is 48.3 Å². The summed E-state index contributed by atoms with van der Waals surface area (Å²) in [5.74, 6) is -0.759. The van der Waals surface area contributed by atoms with Gasteiger partial charge in [-0.05, 0) is 47.9 Å². The molecule has 0 aromatic rings. The molecule has 0 amide bonds. The second-order valence-corrected chi connectivity index (χ2v) is 12.4. The lowest BCUT2D eigenvalue weighted by molar-refractivity contribution is -0.138. The summed E-state index contributed by atoms with van der Waals surface area (Å²) in [6.07, 6.45) is -1.64. The van der Waals surface area contributed by atoms with E-state index >= 15 is 0 Å². The van der Waals surface area contributed by atoms with Crippen LogP contribution in [0.25, 0.3) is 0 Å². The molecular formula is C15H30O7P2. The van der Waals surface area contributed by atoms with Gasteiger partial charge in [0.15, 0.2) is 0 Å². The summed E-state index contributed by atoms with van der Waals surface area (Å²) in [5.41, 5.74) is -0.150. The van der Waals surface area contributed by atoms with Gasteiger partial charge in [-0.15, -0.1) is 0 Å². The van der Waals surface area contributed by atoms with Gasteiger partial charge in [0.25, 0.3) is 0 Å². The summed E-state index contributed by atoms with van der Waals surface area (Å²) in [5, 5.41) is 8.73. The Labute approximate surface area is 144 Å². The lowest BCUT2D eigenvalue weighted by Crippen LogP contribution is -2.34. The number of hydrogen-bond acceptors (Lipinski definition) is 7. The van der Waals surface area contributed by atoms with Crippen molar-refractivity contribution in [1.82, 2.24) is 0 Å². The lowest BCUT2D eigenvalue weighted by atomic mass is 10.2. The Balaban J connectivity index is 6.02. The number of hydrogen-bond donors (Lipinski definition) is 1. The Bertz CT molecular complexity index is 536. The van der Waals surface area contributed by atoms with Crippen molar-refractivity contribution >= 4 is 20.7 Å². The van der Waals surface area contributed by atoms with Crippen LogP contribution in [0.2, 0.25) is 0 Å². The van der Waals surface area contributed by atoms with Crippen molar-refractivity contribution in [3.05, 3.63) is 12.2 Å². The molecule has 0 fully saturated rings. The molecule has 0 bridgehead atoms. The predicted octanol–water partition coefficient (Wildman–Crippen LogP) is 3.81. The maximum Gasteiger partial charge on any atom is 0.370 e. The zero-order valence-corrected chi connectivity index (χ0v) is 17.4. The molecule has 7 nitrogen and oxygen atoms in total. The first kappa shape index (κ1) is 23.5. The molecule has 0 aliphatic rings. The van der Waals surface area contributed by atoms with E-state index in [4.69, 9.17) is 13.8 Å². The van der Waals surface area contributed by atoms with Crippen LogP contribution in [-0.2, 0) is 27.7 Å². The Kier molecular flexibility index (Phi) is 8.61. The molecule has 1 unspecified atom stereocenters. The molecule has 0 spiro atoms. The number of carbonyl (C=O) groups excluding carboxylic acids is 1. The highest BCUT2D eigenvalue weighted by Gasteiger charge is 2.59. The Morgan fingerprint density at radius 3 is 1.83 bits per heavy atom. The van der Waals surface area contributed by atoms with Gasteiger partial charge < -0.3 is 23.5 Å².